The highest BCUT2D eigenvalue weighted by Gasteiger charge is 2.24. The smallest absolute Gasteiger partial charge is 0.323 e. The van der Waals surface area contributed by atoms with Crippen molar-refractivity contribution in [2.24, 2.45) is 11.7 Å². The third-order valence-corrected chi connectivity index (χ3v) is 4.48. The lowest BCUT2D eigenvalue weighted by atomic mass is 10.1. The quantitative estimate of drug-likeness (QED) is 0.557. The summed E-state index contributed by atoms with van der Waals surface area (Å²) in [4.78, 5) is 11.9. The van der Waals surface area contributed by atoms with Gasteiger partial charge in [0.1, 0.15) is 18.8 Å². The summed E-state index contributed by atoms with van der Waals surface area (Å²) in [6.45, 7) is 9.84. The summed E-state index contributed by atoms with van der Waals surface area (Å²) in [7, 11) is -3.33. The van der Waals surface area contributed by atoms with E-state index in [1.54, 1.807) is 6.92 Å². The Kier molecular flexibility index (Phi) is 9.91. The van der Waals surface area contributed by atoms with E-state index in [4.69, 9.17) is 15.2 Å². The van der Waals surface area contributed by atoms with Crippen LogP contribution in [0.3, 0.4) is 0 Å². The Morgan fingerprint density at radius 3 is 2.17 bits per heavy atom. The molecule has 0 spiro atoms. The molecule has 2 N–H and O–H groups in total. The lowest BCUT2D eigenvalue weighted by Gasteiger charge is -2.26. The van der Waals surface area contributed by atoms with Gasteiger partial charge in [0.05, 0.1) is 12.4 Å². The molecule has 0 aromatic heterocycles. The molecule has 0 heterocycles. The van der Waals surface area contributed by atoms with Crippen LogP contribution in [0, 0.1) is 5.92 Å². The number of sulfonamides is 1. The summed E-state index contributed by atoms with van der Waals surface area (Å²) < 4.78 is 35.6. The topological polar surface area (TPSA) is 98.9 Å². The second-order valence-corrected chi connectivity index (χ2v) is 8.37. The largest absolute Gasteiger partial charge is 0.462 e. The first kappa shape index (κ1) is 22.3. The second kappa shape index (κ2) is 10.2. The van der Waals surface area contributed by atoms with Gasteiger partial charge in [-0.05, 0) is 26.2 Å². The van der Waals surface area contributed by atoms with Gasteiger partial charge >= 0.3 is 5.97 Å². The van der Waals surface area contributed by atoms with Crippen LogP contribution in [-0.4, -0.2) is 62.9 Å². The van der Waals surface area contributed by atoms with Gasteiger partial charge in [-0.2, -0.15) is 4.31 Å². The van der Waals surface area contributed by atoms with Crippen molar-refractivity contribution in [2.75, 3.05) is 26.0 Å². The molecule has 0 saturated heterocycles. The van der Waals surface area contributed by atoms with Crippen LogP contribution < -0.4 is 5.73 Å². The van der Waals surface area contributed by atoms with E-state index in [-0.39, 0.29) is 19.3 Å². The number of ether oxygens (including phenoxy) is 2. The molecule has 0 aromatic rings. The fraction of sp³-hybridized carbons (Fsp3) is 0.933. The number of likely N-dealkylation sites (N-methyl/N-ethyl adjacent to an activating group) is 1. The molecule has 2 atom stereocenters. The van der Waals surface area contributed by atoms with Gasteiger partial charge in [0.15, 0.2) is 0 Å². The molecule has 0 saturated carbocycles. The van der Waals surface area contributed by atoms with Crippen molar-refractivity contribution in [3.8, 4) is 0 Å². The number of carbonyl (C=O) groups excluding carboxylic acids is 1. The van der Waals surface area contributed by atoms with E-state index in [2.05, 4.69) is 0 Å². The number of esters is 1. The van der Waals surface area contributed by atoms with Crippen molar-refractivity contribution in [3.63, 3.8) is 0 Å². The maximum absolute atomic E-state index is 11.9. The van der Waals surface area contributed by atoms with Crippen LogP contribution in [0.5, 0.6) is 0 Å². The average Bonchev–Trinajstić information content (AvgIpc) is 2.38. The zero-order valence-electron chi connectivity index (χ0n) is 15.1. The first-order chi connectivity index (χ1) is 10.5. The fourth-order valence-corrected chi connectivity index (χ4v) is 3.04. The normalized spacial score (nSPS) is 15.2. The Bertz CT molecular complexity index is 451. The molecular formula is C15H32N2O5S. The first-order valence-electron chi connectivity index (χ1n) is 8.00. The second-order valence-electron chi connectivity index (χ2n) is 6.39. The highest BCUT2D eigenvalue weighted by Crippen LogP contribution is 2.08. The number of carbonyl (C=O) groups is 1. The zero-order chi connectivity index (χ0) is 18.2. The Balaban J connectivity index is 4.71. The van der Waals surface area contributed by atoms with E-state index in [1.165, 1.54) is 4.31 Å². The summed E-state index contributed by atoms with van der Waals surface area (Å²) in [5.74, 6) is -0.195. The molecular weight excluding hydrogens is 320 g/mol. The molecule has 8 heteroatoms. The molecule has 7 nitrogen and oxygen atoms in total. The average molecular weight is 352 g/mol. The third kappa shape index (κ3) is 9.91. The highest BCUT2D eigenvalue weighted by molar-refractivity contribution is 7.88. The molecule has 23 heavy (non-hydrogen) atoms. The van der Waals surface area contributed by atoms with Gasteiger partial charge < -0.3 is 15.2 Å². The minimum atomic E-state index is -3.33. The Morgan fingerprint density at radius 1 is 1.22 bits per heavy atom. The molecule has 0 aliphatic rings. The standard InChI is InChI=1S/C15H32N2O5S/c1-7-17(23(6,19)20)9-13(22-12(4)5)10-21-15(18)14(16)8-11(2)3/h11-14H,7-10,16H2,1-6H3/t13-,14-/m0/s1. The predicted octanol–water partition coefficient (Wildman–Crippen LogP) is 0.978. The molecule has 0 aromatic carbocycles. The summed E-state index contributed by atoms with van der Waals surface area (Å²) in [6.07, 6.45) is 1.05. The third-order valence-electron chi connectivity index (χ3n) is 3.13. The van der Waals surface area contributed by atoms with Gasteiger partial charge in [-0.1, -0.05) is 20.8 Å². The van der Waals surface area contributed by atoms with E-state index in [0.717, 1.165) is 6.26 Å². The summed E-state index contributed by atoms with van der Waals surface area (Å²) in [6, 6.07) is -0.674. The molecule has 138 valence electrons. The fourth-order valence-electron chi connectivity index (χ4n) is 2.13. The molecule has 0 aliphatic carbocycles. The summed E-state index contributed by atoms with van der Waals surface area (Å²) in [5, 5.41) is 0. The lowest BCUT2D eigenvalue weighted by molar-refractivity contribution is -0.151. The van der Waals surface area contributed by atoms with E-state index in [1.807, 2.05) is 27.7 Å². The van der Waals surface area contributed by atoms with Gasteiger partial charge in [-0.15, -0.1) is 0 Å². The lowest BCUT2D eigenvalue weighted by Crippen LogP contribution is -2.42. The van der Waals surface area contributed by atoms with Gasteiger partial charge in [-0.25, -0.2) is 8.42 Å². The Hall–Kier alpha value is -0.700. The Labute approximate surface area is 140 Å². The Morgan fingerprint density at radius 2 is 1.78 bits per heavy atom. The molecule has 0 radical (unpaired) electrons. The van der Waals surface area contributed by atoms with Crippen LogP contribution in [0.2, 0.25) is 0 Å². The SMILES string of the molecule is CCN(C[C@@H](COC(=O)[C@@H](N)CC(C)C)OC(C)C)S(C)(=O)=O. The van der Waals surface area contributed by atoms with Crippen LogP contribution in [-0.2, 0) is 24.3 Å². The predicted molar refractivity (Wildman–Crippen MR) is 90.5 cm³/mol. The number of hydrogen-bond acceptors (Lipinski definition) is 6. The van der Waals surface area contributed by atoms with Gasteiger partial charge in [0.25, 0.3) is 0 Å². The molecule has 0 amide bonds. The van der Waals surface area contributed by atoms with Crippen molar-refractivity contribution in [3.05, 3.63) is 0 Å². The molecule has 0 rings (SSSR count). The van der Waals surface area contributed by atoms with Crippen LogP contribution >= 0.6 is 0 Å². The number of hydrogen-bond donors (Lipinski definition) is 1. The minimum absolute atomic E-state index is 0.0190. The van der Waals surface area contributed by atoms with Crippen LogP contribution in [0.15, 0.2) is 0 Å². The summed E-state index contributed by atoms with van der Waals surface area (Å²) in [5.41, 5.74) is 5.78. The van der Waals surface area contributed by atoms with Gasteiger partial charge in [0, 0.05) is 13.1 Å². The molecule has 0 bridgehead atoms. The van der Waals surface area contributed by atoms with Gasteiger partial charge in [-0.3, -0.25) is 4.79 Å². The minimum Gasteiger partial charge on any atom is -0.462 e. The number of nitrogens with zero attached hydrogens (tertiary/aromatic N) is 1. The van der Waals surface area contributed by atoms with E-state index in [9.17, 15) is 13.2 Å². The van der Waals surface area contributed by atoms with Crippen molar-refractivity contribution in [1.82, 2.24) is 4.31 Å². The van der Waals surface area contributed by atoms with Crippen LogP contribution in [0.4, 0.5) is 0 Å². The number of nitrogens with two attached hydrogens (primary N) is 1. The van der Waals surface area contributed by atoms with Crippen molar-refractivity contribution in [1.29, 1.82) is 0 Å². The monoisotopic (exact) mass is 352 g/mol. The highest BCUT2D eigenvalue weighted by atomic mass is 32.2. The van der Waals surface area contributed by atoms with Crippen LogP contribution in [0.25, 0.3) is 0 Å². The molecule has 0 aliphatic heterocycles. The van der Waals surface area contributed by atoms with Crippen molar-refractivity contribution >= 4 is 16.0 Å². The number of rotatable bonds is 11. The van der Waals surface area contributed by atoms with Crippen LogP contribution in [0.1, 0.15) is 41.0 Å². The maximum atomic E-state index is 11.9. The maximum Gasteiger partial charge on any atom is 0.323 e. The summed E-state index contributed by atoms with van der Waals surface area (Å²) >= 11 is 0. The first-order valence-corrected chi connectivity index (χ1v) is 9.84. The van der Waals surface area contributed by atoms with Gasteiger partial charge in [0.2, 0.25) is 10.0 Å². The zero-order valence-corrected chi connectivity index (χ0v) is 15.9. The van der Waals surface area contributed by atoms with E-state index < -0.39 is 28.1 Å². The van der Waals surface area contributed by atoms with Crippen molar-refractivity contribution < 1.29 is 22.7 Å². The van der Waals surface area contributed by atoms with E-state index in [0.29, 0.717) is 18.9 Å². The van der Waals surface area contributed by atoms with E-state index >= 15 is 0 Å². The van der Waals surface area contributed by atoms with Crippen molar-refractivity contribution in [2.45, 2.75) is 59.3 Å². The molecule has 0 unspecified atom stereocenters. The molecule has 0 fully saturated rings.